The zero-order chi connectivity index (χ0) is 19.7. The number of hydrogen-bond donors (Lipinski definition) is 0. The van der Waals surface area contributed by atoms with Crippen LogP contribution in [0, 0.1) is 0 Å². The number of nitrogens with zero attached hydrogens (tertiary/aromatic N) is 3. The average Bonchev–Trinajstić information content (AvgIpc) is 3.23. The van der Waals surface area contributed by atoms with Crippen LogP contribution in [0.25, 0.3) is 0 Å². The molecule has 0 spiro atoms. The van der Waals surface area contributed by atoms with Crippen molar-refractivity contribution in [1.82, 2.24) is 12.9 Å². The summed E-state index contributed by atoms with van der Waals surface area (Å²) in [5.74, 6) is 0.632. The smallest absolute Gasteiger partial charge is 0.282 e. The molecule has 1 aromatic carbocycles. The van der Waals surface area contributed by atoms with Gasteiger partial charge in [-0.1, -0.05) is 0 Å². The Hall–Kier alpha value is -1.40. The Labute approximate surface area is 160 Å². The van der Waals surface area contributed by atoms with E-state index >= 15 is 0 Å². The van der Waals surface area contributed by atoms with Gasteiger partial charge in [0.15, 0.2) is 0 Å². The van der Waals surface area contributed by atoms with Crippen molar-refractivity contribution in [3.63, 3.8) is 0 Å². The third kappa shape index (κ3) is 3.92. The molecule has 2 aliphatic rings. The molecule has 152 valence electrons. The maximum atomic E-state index is 13.1. The zero-order valence-corrected chi connectivity index (χ0v) is 17.1. The van der Waals surface area contributed by atoms with E-state index in [2.05, 4.69) is 0 Å². The van der Waals surface area contributed by atoms with Crippen LogP contribution in [0.2, 0.25) is 0 Å². The highest BCUT2D eigenvalue weighted by molar-refractivity contribution is 7.89. The Morgan fingerprint density at radius 3 is 1.89 bits per heavy atom. The Balaban J connectivity index is 1.77. The van der Waals surface area contributed by atoms with E-state index in [1.165, 1.54) is 33.2 Å². The summed E-state index contributed by atoms with van der Waals surface area (Å²) >= 11 is 0. The molecule has 0 aromatic heterocycles. The van der Waals surface area contributed by atoms with Gasteiger partial charge in [0.2, 0.25) is 10.0 Å². The summed E-state index contributed by atoms with van der Waals surface area (Å²) in [7, 11) is -4.49. The van der Waals surface area contributed by atoms with Crippen molar-refractivity contribution in [2.45, 2.75) is 17.7 Å². The molecule has 11 heteroatoms. The molecular weight excluding hydrogens is 394 g/mol. The lowest BCUT2D eigenvalue weighted by Gasteiger charge is -2.35. The van der Waals surface area contributed by atoms with Crippen LogP contribution in [-0.4, -0.2) is 83.2 Å². The molecule has 0 saturated carbocycles. The van der Waals surface area contributed by atoms with Crippen LogP contribution in [0.1, 0.15) is 12.8 Å². The van der Waals surface area contributed by atoms with E-state index in [4.69, 9.17) is 9.47 Å². The van der Waals surface area contributed by atoms with Gasteiger partial charge in [0.25, 0.3) is 10.2 Å². The minimum Gasteiger partial charge on any atom is -0.497 e. The van der Waals surface area contributed by atoms with Crippen LogP contribution in [0.4, 0.5) is 0 Å². The van der Waals surface area contributed by atoms with Gasteiger partial charge >= 0.3 is 0 Å². The van der Waals surface area contributed by atoms with Gasteiger partial charge in [-0.2, -0.15) is 21.3 Å². The summed E-state index contributed by atoms with van der Waals surface area (Å²) < 4.78 is 65.9. The standard InChI is InChI=1S/C16H25N3O6S2/c1-24-14-5-6-15(25-2)16(13-14)26(20,21)17-9-11-19(12-10-17)27(22,23)18-7-3-4-8-18/h5-6,13H,3-4,7-12H2,1-2H3. The minimum absolute atomic E-state index is 0.0141. The molecule has 2 aliphatic heterocycles. The molecule has 2 fully saturated rings. The Morgan fingerprint density at radius 2 is 1.33 bits per heavy atom. The topological polar surface area (TPSA) is 96.5 Å². The van der Waals surface area contributed by atoms with Crippen molar-refractivity contribution < 1.29 is 26.3 Å². The fraction of sp³-hybridized carbons (Fsp3) is 0.625. The number of piperazine rings is 1. The van der Waals surface area contributed by atoms with E-state index in [0.717, 1.165) is 12.8 Å². The molecule has 0 radical (unpaired) electrons. The first kappa shape index (κ1) is 20.3. The number of sulfonamides is 1. The van der Waals surface area contributed by atoms with Crippen molar-refractivity contribution in [3.05, 3.63) is 18.2 Å². The quantitative estimate of drug-likeness (QED) is 0.660. The predicted molar refractivity (Wildman–Crippen MR) is 99.6 cm³/mol. The van der Waals surface area contributed by atoms with Crippen LogP contribution < -0.4 is 9.47 Å². The lowest BCUT2D eigenvalue weighted by atomic mass is 10.3. The van der Waals surface area contributed by atoms with Gasteiger partial charge < -0.3 is 9.47 Å². The molecule has 27 heavy (non-hydrogen) atoms. The van der Waals surface area contributed by atoms with Crippen molar-refractivity contribution in [1.29, 1.82) is 0 Å². The van der Waals surface area contributed by atoms with E-state index in [-0.39, 0.29) is 36.8 Å². The second-order valence-electron chi connectivity index (χ2n) is 6.43. The third-order valence-corrected chi connectivity index (χ3v) is 8.86. The van der Waals surface area contributed by atoms with E-state index in [1.54, 1.807) is 12.1 Å². The average molecular weight is 420 g/mol. The predicted octanol–water partition coefficient (Wildman–Crippen LogP) is 0.351. The minimum atomic E-state index is -3.83. The first-order valence-corrected chi connectivity index (χ1v) is 11.6. The number of hydrogen-bond acceptors (Lipinski definition) is 6. The lowest BCUT2D eigenvalue weighted by Crippen LogP contribution is -2.53. The summed E-state index contributed by atoms with van der Waals surface area (Å²) in [6.07, 6.45) is 1.73. The molecular formula is C16H25N3O6S2. The van der Waals surface area contributed by atoms with E-state index in [1.807, 2.05) is 0 Å². The fourth-order valence-corrected chi connectivity index (χ4v) is 6.61. The Morgan fingerprint density at radius 1 is 0.778 bits per heavy atom. The van der Waals surface area contributed by atoms with Crippen molar-refractivity contribution in [2.24, 2.45) is 0 Å². The molecule has 0 N–H and O–H groups in total. The summed E-state index contributed by atoms with van der Waals surface area (Å²) in [5, 5.41) is 0. The summed E-state index contributed by atoms with van der Waals surface area (Å²) in [4.78, 5) is 0.0141. The van der Waals surface area contributed by atoms with Crippen LogP contribution in [0.15, 0.2) is 23.1 Å². The van der Waals surface area contributed by atoms with Crippen LogP contribution in [0.3, 0.4) is 0 Å². The molecule has 3 rings (SSSR count). The lowest BCUT2D eigenvalue weighted by molar-refractivity contribution is 0.258. The van der Waals surface area contributed by atoms with Gasteiger partial charge in [-0.3, -0.25) is 0 Å². The first-order valence-electron chi connectivity index (χ1n) is 8.78. The van der Waals surface area contributed by atoms with Crippen LogP contribution in [0.5, 0.6) is 11.5 Å². The maximum Gasteiger partial charge on any atom is 0.282 e. The number of benzene rings is 1. The molecule has 2 saturated heterocycles. The highest BCUT2D eigenvalue weighted by Crippen LogP contribution is 2.31. The van der Waals surface area contributed by atoms with Gasteiger partial charge in [0.05, 0.1) is 14.2 Å². The number of rotatable bonds is 6. The van der Waals surface area contributed by atoms with Crippen molar-refractivity contribution >= 4 is 20.2 Å². The SMILES string of the molecule is COc1ccc(OC)c(S(=O)(=O)N2CCN(S(=O)(=O)N3CCCC3)CC2)c1. The van der Waals surface area contributed by atoms with Gasteiger partial charge in [-0.25, -0.2) is 8.42 Å². The van der Waals surface area contributed by atoms with E-state index < -0.39 is 20.2 Å². The summed E-state index contributed by atoms with van der Waals surface area (Å²) in [5.41, 5.74) is 0. The van der Waals surface area contributed by atoms with Crippen molar-refractivity contribution in [2.75, 3.05) is 53.5 Å². The summed E-state index contributed by atoms with van der Waals surface area (Å²) in [6, 6.07) is 4.58. The van der Waals surface area contributed by atoms with E-state index in [9.17, 15) is 16.8 Å². The molecule has 9 nitrogen and oxygen atoms in total. The largest absolute Gasteiger partial charge is 0.497 e. The van der Waals surface area contributed by atoms with Gasteiger partial charge in [0, 0.05) is 45.3 Å². The molecule has 0 bridgehead atoms. The molecule has 0 amide bonds. The molecule has 0 unspecified atom stereocenters. The van der Waals surface area contributed by atoms with Gasteiger partial charge in [0.1, 0.15) is 16.4 Å². The van der Waals surface area contributed by atoms with Crippen LogP contribution >= 0.6 is 0 Å². The maximum absolute atomic E-state index is 13.1. The second kappa shape index (κ2) is 7.92. The summed E-state index contributed by atoms with van der Waals surface area (Å²) in [6.45, 7) is 1.50. The monoisotopic (exact) mass is 419 g/mol. The second-order valence-corrected chi connectivity index (χ2v) is 10.3. The van der Waals surface area contributed by atoms with Gasteiger partial charge in [-0.15, -0.1) is 0 Å². The first-order chi connectivity index (χ1) is 12.8. The Bertz CT molecular complexity index is 873. The molecule has 1 aromatic rings. The number of methoxy groups -OCH3 is 2. The fourth-order valence-electron chi connectivity index (χ4n) is 3.35. The molecule has 2 heterocycles. The molecule has 0 aliphatic carbocycles. The number of ether oxygens (including phenoxy) is 2. The normalized spacial score (nSPS) is 20.7. The van der Waals surface area contributed by atoms with Crippen LogP contribution in [-0.2, 0) is 20.2 Å². The highest BCUT2D eigenvalue weighted by Gasteiger charge is 2.37. The third-order valence-electron chi connectivity index (χ3n) is 4.90. The highest BCUT2D eigenvalue weighted by atomic mass is 32.2. The molecule has 0 atom stereocenters. The van der Waals surface area contributed by atoms with Gasteiger partial charge in [-0.05, 0) is 25.0 Å². The van der Waals surface area contributed by atoms with E-state index in [0.29, 0.717) is 18.8 Å². The Kier molecular flexibility index (Phi) is 5.96. The zero-order valence-electron chi connectivity index (χ0n) is 15.5. The van der Waals surface area contributed by atoms with Crippen molar-refractivity contribution in [3.8, 4) is 11.5 Å².